The molecule has 2 nitrogen and oxygen atoms in total. The van der Waals surface area contributed by atoms with Crippen LogP contribution < -0.4 is 0 Å². The van der Waals surface area contributed by atoms with Crippen LogP contribution in [0.4, 0.5) is 0 Å². The molecule has 0 saturated carbocycles. The van der Waals surface area contributed by atoms with E-state index in [-0.39, 0.29) is 0 Å². The van der Waals surface area contributed by atoms with Crippen molar-refractivity contribution in [1.82, 2.24) is 0 Å². The van der Waals surface area contributed by atoms with Crippen molar-refractivity contribution in [1.29, 1.82) is 0 Å². The second-order valence-electron chi connectivity index (χ2n) is 3.24. The van der Waals surface area contributed by atoms with Gasteiger partial charge in [-0.25, -0.2) is 0 Å². The number of benzene rings is 2. The lowest BCUT2D eigenvalue weighted by atomic mass is 10.0. The van der Waals surface area contributed by atoms with Gasteiger partial charge < -0.3 is 0 Å². The molecular weight excluding hydrogens is 174 g/mol. The number of hydrogen-bond donors (Lipinski definition) is 0. The topological polar surface area (TPSA) is 29.4 Å². The minimum atomic E-state index is 0.355. The van der Waals surface area contributed by atoms with Crippen LogP contribution in [0.1, 0.15) is 5.56 Å². The maximum absolute atomic E-state index is 10.1. The van der Waals surface area contributed by atoms with E-state index in [1.807, 2.05) is 24.3 Å². The van der Waals surface area contributed by atoms with Crippen LogP contribution in [0.5, 0.6) is 0 Å². The van der Waals surface area contributed by atoms with Crippen LogP contribution in [0, 0.1) is 4.91 Å². The highest BCUT2D eigenvalue weighted by molar-refractivity contribution is 5.85. The van der Waals surface area contributed by atoms with Gasteiger partial charge in [-0.15, -0.1) is 0 Å². The Bertz CT molecular complexity index is 446. The Labute approximate surface area is 82.5 Å². The minimum absolute atomic E-state index is 0.355. The van der Waals surface area contributed by atoms with Crippen LogP contribution in [0.15, 0.2) is 47.6 Å². The second kappa shape index (κ2) is 4.01. The summed E-state index contributed by atoms with van der Waals surface area (Å²) in [6.45, 7) is 0.355. The molecule has 0 aliphatic carbocycles. The molecule has 0 bridgehead atoms. The molecule has 0 unspecified atom stereocenters. The average molecular weight is 185 g/mol. The van der Waals surface area contributed by atoms with E-state index in [4.69, 9.17) is 0 Å². The molecule has 2 heteroatoms. The Morgan fingerprint density at radius 2 is 1.79 bits per heavy atom. The zero-order valence-corrected chi connectivity index (χ0v) is 7.81. The molecule has 0 aromatic heterocycles. The van der Waals surface area contributed by atoms with Gasteiger partial charge in [0.2, 0.25) is 0 Å². The van der Waals surface area contributed by atoms with Crippen LogP contribution in [0.25, 0.3) is 10.8 Å². The van der Waals surface area contributed by atoms with Gasteiger partial charge in [-0.1, -0.05) is 47.6 Å². The summed E-state index contributed by atoms with van der Waals surface area (Å²) in [5.74, 6) is 0. The summed E-state index contributed by atoms with van der Waals surface area (Å²) in [4.78, 5) is 10.1. The van der Waals surface area contributed by atoms with Gasteiger partial charge in [-0.3, -0.25) is 0 Å². The van der Waals surface area contributed by atoms with E-state index in [0.29, 0.717) is 6.54 Å². The molecule has 0 saturated heterocycles. The van der Waals surface area contributed by atoms with Gasteiger partial charge in [0, 0.05) is 0 Å². The van der Waals surface area contributed by atoms with Crippen LogP contribution in [0.3, 0.4) is 0 Å². The Kier molecular flexibility index (Phi) is 2.54. The molecule has 0 fully saturated rings. The molecule has 2 aromatic rings. The summed E-state index contributed by atoms with van der Waals surface area (Å²) in [5, 5.41) is 5.33. The van der Waals surface area contributed by atoms with Gasteiger partial charge in [-0.2, -0.15) is 4.91 Å². The molecule has 70 valence electrons. The number of nitrogens with zero attached hydrogens (tertiary/aromatic N) is 1. The Hall–Kier alpha value is -1.70. The molecule has 0 spiro atoms. The Morgan fingerprint density at radius 1 is 1.00 bits per heavy atom. The smallest absolute Gasteiger partial charge is 0.0851 e. The maximum Gasteiger partial charge on any atom is 0.0851 e. The monoisotopic (exact) mass is 185 g/mol. The third kappa shape index (κ3) is 1.64. The number of fused-ring (bicyclic) bond motifs is 1. The average Bonchev–Trinajstić information content (AvgIpc) is 2.26. The maximum atomic E-state index is 10.1. The van der Waals surface area contributed by atoms with Crippen LogP contribution in [-0.4, -0.2) is 6.54 Å². The second-order valence-corrected chi connectivity index (χ2v) is 3.24. The standard InChI is InChI=1S/C12H11NO/c14-13-9-8-11-6-3-5-10-4-1-2-7-12(10)11/h1-7H,8-9H2. The lowest BCUT2D eigenvalue weighted by Gasteiger charge is -2.03. The number of hydrogen-bond acceptors (Lipinski definition) is 2. The third-order valence-corrected chi connectivity index (χ3v) is 2.35. The predicted octanol–water partition coefficient (Wildman–Crippen LogP) is 3.15. The fraction of sp³-hybridized carbons (Fsp3) is 0.167. The SMILES string of the molecule is O=NCCc1cccc2ccccc12. The van der Waals surface area contributed by atoms with Gasteiger partial charge in [0.05, 0.1) is 6.54 Å². The van der Waals surface area contributed by atoms with Crippen molar-refractivity contribution in [3.63, 3.8) is 0 Å². The van der Waals surface area contributed by atoms with Crippen molar-refractivity contribution >= 4 is 10.8 Å². The van der Waals surface area contributed by atoms with E-state index in [2.05, 4.69) is 23.4 Å². The molecule has 0 heterocycles. The van der Waals surface area contributed by atoms with E-state index in [1.54, 1.807) is 0 Å². The number of rotatable bonds is 3. The van der Waals surface area contributed by atoms with Crippen molar-refractivity contribution in [2.45, 2.75) is 6.42 Å². The van der Waals surface area contributed by atoms with Gasteiger partial charge in [0.15, 0.2) is 0 Å². The summed E-state index contributed by atoms with van der Waals surface area (Å²) in [6.07, 6.45) is 0.727. The summed E-state index contributed by atoms with van der Waals surface area (Å²) >= 11 is 0. The third-order valence-electron chi connectivity index (χ3n) is 2.35. The molecule has 0 amide bonds. The molecule has 14 heavy (non-hydrogen) atoms. The first-order chi connectivity index (χ1) is 6.92. The van der Waals surface area contributed by atoms with Crippen molar-refractivity contribution in [2.24, 2.45) is 5.18 Å². The first-order valence-electron chi connectivity index (χ1n) is 4.67. The quantitative estimate of drug-likeness (QED) is 0.675. The predicted molar refractivity (Wildman–Crippen MR) is 58.3 cm³/mol. The highest BCUT2D eigenvalue weighted by atomic mass is 16.3. The lowest BCUT2D eigenvalue weighted by molar-refractivity contribution is 0.968. The zero-order valence-electron chi connectivity index (χ0n) is 7.81. The minimum Gasteiger partial charge on any atom is -0.151 e. The first kappa shape index (κ1) is 8.88. The Morgan fingerprint density at radius 3 is 2.64 bits per heavy atom. The number of nitroso groups, excluding NO2 is 1. The summed E-state index contributed by atoms with van der Waals surface area (Å²) in [7, 11) is 0. The van der Waals surface area contributed by atoms with Gasteiger partial charge in [-0.05, 0) is 22.8 Å². The molecular formula is C12H11NO. The fourth-order valence-corrected chi connectivity index (χ4v) is 1.68. The summed E-state index contributed by atoms with van der Waals surface area (Å²) in [6, 6.07) is 14.3. The first-order valence-corrected chi connectivity index (χ1v) is 4.67. The van der Waals surface area contributed by atoms with E-state index in [9.17, 15) is 4.91 Å². The van der Waals surface area contributed by atoms with Crippen LogP contribution in [-0.2, 0) is 6.42 Å². The molecule has 0 radical (unpaired) electrons. The molecule has 0 aliphatic heterocycles. The lowest BCUT2D eigenvalue weighted by Crippen LogP contribution is -1.89. The van der Waals surface area contributed by atoms with Crippen LogP contribution >= 0.6 is 0 Å². The Balaban J connectivity index is 2.48. The highest BCUT2D eigenvalue weighted by Gasteiger charge is 1.98. The van der Waals surface area contributed by atoms with Gasteiger partial charge >= 0.3 is 0 Å². The normalized spacial score (nSPS) is 10.3. The van der Waals surface area contributed by atoms with E-state index in [0.717, 1.165) is 6.42 Å². The highest BCUT2D eigenvalue weighted by Crippen LogP contribution is 2.18. The molecule has 2 rings (SSSR count). The largest absolute Gasteiger partial charge is 0.151 e. The fourth-order valence-electron chi connectivity index (χ4n) is 1.68. The van der Waals surface area contributed by atoms with Crippen molar-refractivity contribution in [2.75, 3.05) is 6.54 Å². The van der Waals surface area contributed by atoms with Gasteiger partial charge in [0.1, 0.15) is 0 Å². The molecule has 0 atom stereocenters. The summed E-state index contributed by atoms with van der Waals surface area (Å²) < 4.78 is 0. The van der Waals surface area contributed by atoms with Gasteiger partial charge in [0.25, 0.3) is 0 Å². The summed E-state index contributed by atoms with van der Waals surface area (Å²) in [5.41, 5.74) is 1.20. The zero-order chi connectivity index (χ0) is 9.80. The van der Waals surface area contributed by atoms with Crippen molar-refractivity contribution < 1.29 is 0 Å². The van der Waals surface area contributed by atoms with Crippen molar-refractivity contribution in [3.05, 3.63) is 52.9 Å². The van der Waals surface area contributed by atoms with E-state index < -0.39 is 0 Å². The molecule has 2 aromatic carbocycles. The van der Waals surface area contributed by atoms with E-state index >= 15 is 0 Å². The van der Waals surface area contributed by atoms with Crippen molar-refractivity contribution in [3.8, 4) is 0 Å². The van der Waals surface area contributed by atoms with Crippen LogP contribution in [0.2, 0.25) is 0 Å². The van der Waals surface area contributed by atoms with E-state index in [1.165, 1.54) is 16.3 Å². The molecule has 0 N–H and O–H groups in total. The molecule has 0 aliphatic rings.